The van der Waals surface area contributed by atoms with E-state index in [1.807, 2.05) is 18.2 Å². The number of carbonyl (C=O) groups is 2. The SMILES string of the molecule is COc1cccc(OC)c1C(=O)OCC(=O)NC[C@H]1COc2ccccc2O1. The lowest BCUT2D eigenvalue weighted by molar-refractivity contribution is -0.124. The topological polar surface area (TPSA) is 92.3 Å². The summed E-state index contributed by atoms with van der Waals surface area (Å²) < 4.78 is 26.8. The van der Waals surface area contributed by atoms with E-state index >= 15 is 0 Å². The highest BCUT2D eigenvalue weighted by Crippen LogP contribution is 2.31. The summed E-state index contributed by atoms with van der Waals surface area (Å²) in [7, 11) is 2.87. The zero-order valence-electron chi connectivity index (χ0n) is 15.6. The number of hydrogen-bond donors (Lipinski definition) is 1. The van der Waals surface area contributed by atoms with Crippen LogP contribution in [0, 0.1) is 0 Å². The maximum absolute atomic E-state index is 12.3. The molecule has 0 saturated carbocycles. The van der Waals surface area contributed by atoms with Crippen molar-refractivity contribution in [1.29, 1.82) is 0 Å². The fourth-order valence-electron chi connectivity index (χ4n) is 2.70. The molecule has 1 N–H and O–H groups in total. The van der Waals surface area contributed by atoms with Crippen LogP contribution in [0.25, 0.3) is 0 Å². The Morgan fingerprint density at radius 2 is 1.71 bits per heavy atom. The number of fused-ring (bicyclic) bond motifs is 1. The zero-order chi connectivity index (χ0) is 19.9. The van der Waals surface area contributed by atoms with E-state index in [0.717, 1.165) is 0 Å². The molecule has 0 aromatic heterocycles. The predicted octanol–water partition coefficient (Wildman–Crippen LogP) is 1.82. The number of methoxy groups -OCH3 is 2. The maximum Gasteiger partial charge on any atom is 0.346 e. The van der Waals surface area contributed by atoms with Crippen molar-refractivity contribution in [1.82, 2.24) is 5.32 Å². The van der Waals surface area contributed by atoms with Crippen LogP contribution in [-0.4, -0.2) is 52.0 Å². The summed E-state index contributed by atoms with van der Waals surface area (Å²) in [6.45, 7) is 0.0996. The number of amides is 1. The molecule has 0 saturated heterocycles. The van der Waals surface area contributed by atoms with E-state index in [9.17, 15) is 9.59 Å². The molecule has 1 aliphatic rings. The highest BCUT2D eigenvalue weighted by molar-refractivity contribution is 5.96. The molecule has 0 radical (unpaired) electrons. The molecular formula is C20H21NO7. The van der Waals surface area contributed by atoms with Crippen LogP contribution in [0.1, 0.15) is 10.4 Å². The van der Waals surface area contributed by atoms with Gasteiger partial charge < -0.3 is 29.0 Å². The number of esters is 1. The van der Waals surface area contributed by atoms with Crippen LogP contribution in [0.2, 0.25) is 0 Å². The second kappa shape index (κ2) is 8.98. The molecule has 0 fully saturated rings. The van der Waals surface area contributed by atoms with Gasteiger partial charge >= 0.3 is 5.97 Å². The summed E-state index contributed by atoms with van der Waals surface area (Å²) in [6, 6.07) is 12.2. The van der Waals surface area contributed by atoms with Crippen molar-refractivity contribution in [3.63, 3.8) is 0 Å². The van der Waals surface area contributed by atoms with Crippen molar-refractivity contribution in [2.24, 2.45) is 0 Å². The summed E-state index contributed by atoms with van der Waals surface area (Å²) in [5.41, 5.74) is 0.126. The van der Waals surface area contributed by atoms with E-state index in [1.165, 1.54) is 14.2 Å². The van der Waals surface area contributed by atoms with Crippen LogP contribution < -0.4 is 24.3 Å². The fraction of sp³-hybridized carbons (Fsp3) is 0.300. The van der Waals surface area contributed by atoms with E-state index in [2.05, 4.69) is 5.32 Å². The minimum atomic E-state index is -0.712. The fourth-order valence-corrected chi connectivity index (χ4v) is 2.70. The van der Waals surface area contributed by atoms with Crippen LogP contribution >= 0.6 is 0 Å². The Morgan fingerprint density at radius 3 is 2.39 bits per heavy atom. The van der Waals surface area contributed by atoms with Gasteiger partial charge in [-0.15, -0.1) is 0 Å². The molecule has 28 heavy (non-hydrogen) atoms. The van der Waals surface area contributed by atoms with Gasteiger partial charge in [-0.1, -0.05) is 18.2 Å². The minimum Gasteiger partial charge on any atom is -0.496 e. The molecule has 1 atom stereocenters. The molecule has 3 rings (SSSR count). The van der Waals surface area contributed by atoms with Crippen LogP contribution in [0.5, 0.6) is 23.0 Å². The molecule has 0 unspecified atom stereocenters. The molecule has 148 valence electrons. The molecule has 1 aliphatic heterocycles. The van der Waals surface area contributed by atoms with Gasteiger partial charge in [0.1, 0.15) is 29.8 Å². The third kappa shape index (κ3) is 4.46. The maximum atomic E-state index is 12.3. The highest BCUT2D eigenvalue weighted by Gasteiger charge is 2.23. The molecule has 8 heteroatoms. The molecule has 1 amide bonds. The largest absolute Gasteiger partial charge is 0.496 e. The van der Waals surface area contributed by atoms with Crippen molar-refractivity contribution in [2.75, 3.05) is 34.0 Å². The standard InChI is InChI=1S/C20H21NO7/c1-24-16-8-5-9-17(25-2)19(16)20(23)27-12-18(22)21-10-13-11-26-14-6-3-4-7-15(14)28-13/h3-9,13H,10-12H2,1-2H3,(H,21,22)/t13-/m0/s1. The first-order valence-corrected chi connectivity index (χ1v) is 8.65. The summed E-state index contributed by atoms with van der Waals surface area (Å²) >= 11 is 0. The molecule has 0 bridgehead atoms. The minimum absolute atomic E-state index is 0.126. The highest BCUT2D eigenvalue weighted by atomic mass is 16.6. The number of nitrogens with one attached hydrogen (secondary N) is 1. The second-order valence-corrected chi connectivity index (χ2v) is 5.92. The Labute approximate surface area is 162 Å². The third-order valence-electron chi connectivity index (χ3n) is 4.06. The van der Waals surface area contributed by atoms with Gasteiger partial charge in [0.15, 0.2) is 18.1 Å². The predicted molar refractivity (Wildman–Crippen MR) is 99.2 cm³/mol. The van der Waals surface area contributed by atoms with Crippen molar-refractivity contribution in [2.45, 2.75) is 6.10 Å². The van der Waals surface area contributed by atoms with Crippen molar-refractivity contribution in [3.8, 4) is 23.0 Å². The monoisotopic (exact) mass is 387 g/mol. The number of rotatable bonds is 7. The van der Waals surface area contributed by atoms with Gasteiger partial charge in [-0.25, -0.2) is 4.79 Å². The Balaban J connectivity index is 1.49. The average Bonchev–Trinajstić information content (AvgIpc) is 2.75. The average molecular weight is 387 g/mol. The molecule has 0 aliphatic carbocycles. The third-order valence-corrected chi connectivity index (χ3v) is 4.06. The molecular weight excluding hydrogens is 366 g/mol. The quantitative estimate of drug-likeness (QED) is 0.725. The van der Waals surface area contributed by atoms with Gasteiger partial charge in [0, 0.05) is 0 Å². The van der Waals surface area contributed by atoms with Crippen LogP contribution in [-0.2, 0) is 9.53 Å². The molecule has 2 aromatic carbocycles. The van der Waals surface area contributed by atoms with Gasteiger partial charge in [-0.3, -0.25) is 4.79 Å². The smallest absolute Gasteiger partial charge is 0.346 e. The summed E-state index contributed by atoms with van der Waals surface area (Å²) in [6.07, 6.45) is -0.330. The van der Waals surface area contributed by atoms with Gasteiger partial charge in [-0.2, -0.15) is 0 Å². The van der Waals surface area contributed by atoms with E-state index in [0.29, 0.717) is 29.6 Å². The van der Waals surface area contributed by atoms with Gasteiger partial charge in [-0.05, 0) is 24.3 Å². The molecule has 1 heterocycles. The Kier molecular flexibility index (Phi) is 6.21. The number of para-hydroxylation sites is 2. The number of carbonyl (C=O) groups excluding carboxylic acids is 2. The van der Waals surface area contributed by atoms with Crippen molar-refractivity contribution >= 4 is 11.9 Å². The van der Waals surface area contributed by atoms with Gasteiger partial charge in [0.05, 0.1) is 20.8 Å². The van der Waals surface area contributed by atoms with Crippen LogP contribution in [0.4, 0.5) is 0 Å². The molecule has 8 nitrogen and oxygen atoms in total. The molecule has 0 spiro atoms. The van der Waals surface area contributed by atoms with Gasteiger partial charge in [0.2, 0.25) is 0 Å². The van der Waals surface area contributed by atoms with E-state index < -0.39 is 18.5 Å². The van der Waals surface area contributed by atoms with Crippen molar-refractivity contribution in [3.05, 3.63) is 48.0 Å². The van der Waals surface area contributed by atoms with E-state index in [-0.39, 0.29) is 18.2 Å². The van der Waals surface area contributed by atoms with E-state index in [4.69, 9.17) is 23.7 Å². The Hall–Kier alpha value is -3.42. The summed E-state index contributed by atoms with van der Waals surface area (Å²) in [5.74, 6) is 0.736. The van der Waals surface area contributed by atoms with Crippen LogP contribution in [0.3, 0.4) is 0 Å². The molecule has 2 aromatic rings. The first kappa shape index (κ1) is 19.3. The summed E-state index contributed by atoms with van der Waals surface area (Å²) in [4.78, 5) is 24.4. The van der Waals surface area contributed by atoms with E-state index in [1.54, 1.807) is 24.3 Å². The number of benzene rings is 2. The van der Waals surface area contributed by atoms with Crippen LogP contribution in [0.15, 0.2) is 42.5 Å². The number of ether oxygens (including phenoxy) is 5. The Bertz CT molecular complexity index is 830. The summed E-state index contributed by atoms with van der Waals surface area (Å²) in [5, 5.41) is 2.66. The number of hydrogen-bond acceptors (Lipinski definition) is 7. The lowest BCUT2D eigenvalue weighted by atomic mass is 10.2. The lowest BCUT2D eigenvalue weighted by Crippen LogP contribution is -2.42. The zero-order valence-corrected chi connectivity index (χ0v) is 15.6. The Morgan fingerprint density at radius 1 is 1.04 bits per heavy atom. The first-order chi connectivity index (χ1) is 13.6. The second-order valence-electron chi connectivity index (χ2n) is 5.92. The van der Waals surface area contributed by atoms with Crippen molar-refractivity contribution < 1.29 is 33.3 Å². The normalized spacial score (nSPS) is 14.7. The lowest BCUT2D eigenvalue weighted by Gasteiger charge is -2.26. The van der Waals surface area contributed by atoms with Gasteiger partial charge in [0.25, 0.3) is 5.91 Å². The first-order valence-electron chi connectivity index (χ1n) is 8.65.